The van der Waals surface area contributed by atoms with Gasteiger partial charge in [0.25, 0.3) is 0 Å². The van der Waals surface area contributed by atoms with E-state index < -0.39 is 29.6 Å². The van der Waals surface area contributed by atoms with Gasteiger partial charge in [-0.3, -0.25) is 14.4 Å². The third kappa shape index (κ3) is 4.34. The van der Waals surface area contributed by atoms with Crippen LogP contribution in [0.15, 0.2) is 66.7 Å². The van der Waals surface area contributed by atoms with E-state index in [9.17, 15) is 14.4 Å². The van der Waals surface area contributed by atoms with Gasteiger partial charge >= 0.3 is 0 Å². The molecule has 2 bridgehead atoms. The predicted octanol–water partition coefficient (Wildman–Crippen LogP) is 5.13. The van der Waals surface area contributed by atoms with Gasteiger partial charge in [0.05, 0.1) is 24.0 Å². The first-order valence-electron chi connectivity index (χ1n) is 14.3. The smallest absolute Gasteiger partial charge is 0.246 e. The quantitative estimate of drug-likeness (QED) is 0.479. The van der Waals surface area contributed by atoms with Crippen molar-refractivity contribution in [3.05, 3.63) is 77.3 Å². The van der Waals surface area contributed by atoms with E-state index in [1.165, 1.54) is 0 Å². The van der Waals surface area contributed by atoms with Crippen LogP contribution < -0.4 is 10.6 Å². The topological polar surface area (TPSA) is 87.7 Å². The Hall–Kier alpha value is -3.16. The Morgan fingerprint density at radius 2 is 1.77 bits per heavy atom. The highest BCUT2D eigenvalue weighted by Gasteiger charge is 2.73. The molecule has 3 aliphatic heterocycles. The van der Waals surface area contributed by atoms with E-state index >= 15 is 0 Å². The largest absolute Gasteiger partial charge is 0.359 e. The zero-order valence-electron chi connectivity index (χ0n) is 23.0. The van der Waals surface area contributed by atoms with Crippen LogP contribution in [0.5, 0.6) is 0 Å². The molecule has 9 atom stereocenters. The highest BCUT2D eigenvalue weighted by Crippen LogP contribution is 2.56. The van der Waals surface area contributed by atoms with Crippen LogP contribution in [0.2, 0.25) is 5.02 Å². The van der Waals surface area contributed by atoms with Crippen LogP contribution >= 0.6 is 11.6 Å². The van der Waals surface area contributed by atoms with Crippen molar-refractivity contribution < 1.29 is 19.1 Å². The van der Waals surface area contributed by atoms with Crippen molar-refractivity contribution in [3.8, 4) is 0 Å². The number of carbonyl (C=O) groups is 3. The summed E-state index contributed by atoms with van der Waals surface area (Å²) in [4.78, 5) is 43.9. The van der Waals surface area contributed by atoms with Crippen molar-refractivity contribution in [1.82, 2.24) is 10.2 Å². The SMILES string of the molecule is C[C@@H]1[C@H](C)CCC[C@@H]1NC(=O)[C@@H]1N([C@H](C)c2ccccc2)C(=O)[C@H]2[C@@H](C(=O)Nc3ccc(Cl)cc3)[C@H]3C=C[C@@]12O3. The summed E-state index contributed by atoms with van der Waals surface area (Å²) < 4.78 is 6.52. The molecular formula is C32H36ClN3O4. The number of hydrogen-bond acceptors (Lipinski definition) is 4. The monoisotopic (exact) mass is 561 g/mol. The number of benzene rings is 2. The zero-order chi connectivity index (χ0) is 28.2. The molecule has 3 amide bonds. The van der Waals surface area contributed by atoms with Crippen LogP contribution in [0.25, 0.3) is 0 Å². The molecule has 3 fully saturated rings. The van der Waals surface area contributed by atoms with Crippen LogP contribution in [0.1, 0.15) is 51.6 Å². The summed E-state index contributed by atoms with van der Waals surface area (Å²) in [5, 5.41) is 6.82. The molecule has 7 nitrogen and oxygen atoms in total. The first-order valence-corrected chi connectivity index (χ1v) is 14.7. The Bertz CT molecular complexity index is 1330. The number of rotatable bonds is 6. The van der Waals surface area contributed by atoms with Crippen LogP contribution in [0.4, 0.5) is 5.69 Å². The van der Waals surface area contributed by atoms with Gasteiger partial charge in [-0.1, -0.05) is 80.8 Å². The van der Waals surface area contributed by atoms with Gasteiger partial charge in [-0.15, -0.1) is 0 Å². The minimum atomic E-state index is -1.21. The highest BCUT2D eigenvalue weighted by atomic mass is 35.5. The van der Waals surface area contributed by atoms with E-state index in [4.69, 9.17) is 16.3 Å². The molecule has 2 saturated heterocycles. The number of amides is 3. The number of fused-ring (bicyclic) bond motifs is 1. The molecule has 8 heteroatoms. The lowest BCUT2D eigenvalue weighted by Gasteiger charge is -2.39. The van der Waals surface area contributed by atoms with Crippen LogP contribution in [-0.2, 0) is 19.1 Å². The molecule has 4 aliphatic rings. The van der Waals surface area contributed by atoms with Crippen LogP contribution in [0.3, 0.4) is 0 Å². The molecule has 0 aromatic heterocycles. The molecule has 1 aliphatic carbocycles. The third-order valence-electron chi connectivity index (χ3n) is 9.71. The number of halogens is 1. The van der Waals surface area contributed by atoms with Crippen molar-refractivity contribution in [2.75, 3.05) is 5.32 Å². The molecule has 0 radical (unpaired) electrons. The number of ether oxygens (including phenoxy) is 1. The second-order valence-corrected chi connectivity index (χ2v) is 12.3. The fourth-order valence-corrected chi connectivity index (χ4v) is 7.45. The second-order valence-electron chi connectivity index (χ2n) is 11.9. The molecule has 2 N–H and O–H groups in total. The molecule has 3 heterocycles. The van der Waals surface area contributed by atoms with Crippen LogP contribution in [0, 0.1) is 23.7 Å². The second kappa shape index (κ2) is 10.3. The van der Waals surface area contributed by atoms with Crippen molar-refractivity contribution in [2.24, 2.45) is 23.7 Å². The summed E-state index contributed by atoms with van der Waals surface area (Å²) in [6, 6.07) is 15.3. The van der Waals surface area contributed by atoms with E-state index in [1.807, 2.05) is 49.4 Å². The van der Waals surface area contributed by atoms with Gasteiger partial charge in [0, 0.05) is 16.8 Å². The van der Waals surface area contributed by atoms with Gasteiger partial charge in [-0.25, -0.2) is 0 Å². The maximum Gasteiger partial charge on any atom is 0.246 e. The molecule has 1 spiro atoms. The number of carbonyl (C=O) groups excluding carboxylic acids is 3. The molecule has 210 valence electrons. The summed E-state index contributed by atoms with van der Waals surface area (Å²) in [5.41, 5.74) is 0.302. The summed E-state index contributed by atoms with van der Waals surface area (Å²) in [6.07, 6.45) is 6.24. The summed E-state index contributed by atoms with van der Waals surface area (Å²) in [5.74, 6) is -1.48. The van der Waals surface area contributed by atoms with Crippen molar-refractivity contribution >= 4 is 35.0 Å². The maximum atomic E-state index is 14.4. The summed E-state index contributed by atoms with van der Waals surface area (Å²) in [7, 11) is 0. The lowest BCUT2D eigenvalue weighted by molar-refractivity contribution is -0.144. The average molecular weight is 562 g/mol. The Morgan fingerprint density at radius 1 is 1.05 bits per heavy atom. The molecule has 0 unspecified atom stereocenters. The number of hydrogen-bond donors (Lipinski definition) is 2. The normalized spacial score (nSPS) is 35.0. The van der Waals surface area contributed by atoms with E-state index in [-0.39, 0.29) is 29.8 Å². The lowest BCUT2D eigenvalue weighted by Crippen LogP contribution is -2.58. The Kier molecular flexibility index (Phi) is 6.99. The molecule has 1 saturated carbocycles. The van der Waals surface area contributed by atoms with E-state index in [0.717, 1.165) is 24.8 Å². The Morgan fingerprint density at radius 3 is 2.50 bits per heavy atom. The Balaban J connectivity index is 1.35. The van der Waals surface area contributed by atoms with E-state index in [0.29, 0.717) is 22.5 Å². The summed E-state index contributed by atoms with van der Waals surface area (Å²) in [6.45, 7) is 6.36. The van der Waals surface area contributed by atoms with Crippen molar-refractivity contribution in [1.29, 1.82) is 0 Å². The van der Waals surface area contributed by atoms with Crippen molar-refractivity contribution in [2.45, 2.75) is 69.9 Å². The molecular weight excluding hydrogens is 526 g/mol. The third-order valence-corrected chi connectivity index (χ3v) is 9.96. The average Bonchev–Trinajstić information content (AvgIpc) is 3.60. The van der Waals surface area contributed by atoms with Gasteiger partial charge in [-0.2, -0.15) is 0 Å². The highest BCUT2D eigenvalue weighted by molar-refractivity contribution is 6.30. The first kappa shape index (κ1) is 27.0. The predicted molar refractivity (Wildman–Crippen MR) is 153 cm³/mol. The fourth-order valence-electron chi connectivity index (χ4n) is 7.32. The van der Waals surface area contributed by atoms with Gasteiger partial charge in [0.1, 0.15) is 11.6 Å². The first-order chi connectivity index (χ1) is 19.2. The number of likely N-dealkylation sites (tertiary alicyclic amines) is 1. The number of anilines is 1. The lowest BCUT2D eigenvalue weighted by atomic mass is 9.73. The van der Waals surface area contributed by atoms with Gasteiger partial charge in [0.15, 0.2) is 0 Å². The number of nitrogens with one attached hydrogen (secondary N) is 2. The van der Waals surface area contributed by atoms with E-state index in [1.54, 1.807) is 29.2 Å². The minimum absolute atomic E-state index is 0.0299. The van der Waals surface area contributed by atoms with Crippen LogP contribution in [-0.4, -0.2) is 46.4 Å². The zero-order valence-corrected chi connectivity index (χ0v) is 23.8. The van der Waals surface area contributed by atoms with Gasteiger partial charge in [0.2, 0.25) is 17.7 Å². The fraction of sp³-hybridized carbons (Fsp3) is 0.469. The standard InChI is InChI=1S/C32H36ClN3O4/c1-18-8-7-11-24(19(18)2)35-30(38)28-32-17-16-25(40-32)26(29(37)34-23-14-12-22(33)13-15-23)27(32)31(39)36(28)20(3)21-9-5-4-6-10-21/h4-6,9-10,12-20,24-28H,7-8,11H2,1-3H3,(H,34,37)(H,35,38)/t18-,19-,20-,24+,25-,26+,27-,28+,32+/m1/s1. The molecule has 2 aromatic carbocycles. The van der Waals surface area contributed by atoms with Gasteiger partial charge < -0.3 is 20.3 Å². The summed E-state index contributed by atoms with van der Waals surface area (Å²) >= 11 is 6.02. The van der Waals surface area contributed by atoms with Crippen molar-refractivity contribution in [3.63, 3.8) is 0 Å². The maximum absolute atomic E-state index is 14.4. The van der Waals surface area contributed by atoms with E-state index in [2.05, 4.69) is 24.5 Å². The Labute approximate surface area is 240 Å². The minimum Gasteiger partial charge on any atom is -0.359 e. The molecule has 40 heavy (non-hydrogen) atoms. The molecule has 6 rings (SSSR count). The van der Waals surface area contributed by atoms with Gasteiger partial charge in [-0.05, 0) is 55.0 Å². The molecule has 2 aromatic rings. The number of nitrogens with zero attached hydrogens (tertiary/aromatic N) is 1.